The highest BCUT2D eigenvalue weighted by Crippen LogP contribution is 2.46. The second-order valence-corrected chi connectivity index (χ2v) is 5.16. The van der Waals surface area contributed by atoms with Crippen LogP contribution >= 0.6 is 0 Å². The van der Waals surface area contributed by atoms with Gasteiger partial charge in [-0.05, 0) is 33.0 Å². The molecule has 1 fully saturated rings. The van der Waals surface area contributed by atoms with Gasteiger partial charge in [-0.1, -0.05) is 18.2 Å². The number of halogens is 1. The number of hydrogen-bond acceptors (Lipinski definition) is 2. The molecule has 1 aliphatic rings. The van der Waals surface area contributed by atoms with Crippen LogP contribution in [0.15, 0.2) is 24.3 Å². The fourth-order valence-electron chi connectivity index (χ4n) is 2.09. The van der Waals surface area contributed by atoms with Gasteiger partial charge in [-0.3, -0.25) is 4.79 Å². The van der Waals surface area contributed by atoms with Crippen molar-refractivity contribution in [3.8, 4) is 0 Å². The van der Waals surface area contributed by atoms with Crippen molar-refractivity contribution in [2.45, 2.75) is 24.8 Å². The second-order valence-electron chi connectivity index (χ2n) is 5.16. The fourth-order valence-corrected chi connectivity index (χ4v) is 2.09. The normalized spacial score (nSPS) is 16.7. The van der Waals surface area contributed by atoms with E-state index in [1.807, 2.05) is 25.1 Å². The number of carbonyl (C=O) groups excluding carboxylic acids is 1. The van der Waals surface area contributed by atoms with E-state index in [4.69, 9.17) is 0 Å². The van der Waals surface area contributed by atoms with Gasteiger partial charge in [0.05, 0.1) is 5.54 Å². The van der Waals surface area contributed by atoms with Crippen LogP contribution in [0.4, 0.5) is 4.39 Å². The topological polar surface area (TPSA) is 32.3 Å². The molecule has 2 rings (SSSR count). The van der Waals surface area contributed by atoms with Crippen molar-refractivity contribution in [3.05, 3.63) is 35.6 Å². The van der Waals surface area contributed by atoms with E-state index >= 15 is 0 Å². The van der Waals surface area contributed by atoms with Crippen molar-refractivity contribution in [2.24, 2.45) is 0 Å². The average molecular weight is 250 g/mol. The summed E-state index contributed by atoms with van der Waals surface area (Å²) in [6.07, 6.45) is 2.09. The maximum Gasteiger partial charge on any atom is 0.221 e. The molecule has 1 N–H and O–H groups in total. The molecule has 98 valence electrons. The summed E-state index contributed by atoms with van der Waals surface area (Å²) in [5.41, 5.74) is 0.164. The molecule has 1 aromatic rings. The summed E-state index contributed by atoms with van der Waals surface area (Å²) in [6.45, 7) is 0.708. The van der Waals surface area contributed by atoms with E-state index in [9.17, 15) is 9.18 Å². The Balaban J connectivity index is 2.01. The van der Waals surface area contributed by atoms with Crippen molar-refractivity contribution in [3.63, 3.8) is 0 Å². The molecule has 0 radical (unpaired) electrons. The maximum atomic E-state index is 13.7. The minimum Gasteiger partial charge on any atom is -0.346 e. The van der Waals surface area contributed by atoms with E-state index in [-0.39, 0.29) is 11.7 Å². The third-order valence-corrected chi connectivity index (χ3v) is 3.30. The molecule has 1 amide bonds. The van der Waals surface area contributed by atoms with Gasteiger partial charge in [0.2, 0.25) is 5.91 Å². The minimum absolute atomic E-state index is 0.00977. The Morgan fingerprint density at radius 2 is 2.06 bits per heavy atom. The van der Waals surface area contributed by atoms with Gasteiger partial charge in [-0.25, -0.2) is 4.39 Å². The smallest absolute Gasteiger partial charge is 0.221 e. The Kier molecular flexibility index (Phi) is 3.66. The largest absolute Gasteiger partial charge is 0.346 e. The summed E-state index contributed by atoms with van der Waals surface area (Å²) in [4.78, 5) is 13.8. The van der Waals surface area contributed by atoms with E-state index in [1.165, 1.54) is 6.07 Å². The molecule has 4 heteroatoms. The van der Waals surface area contributed by atoms with Gasteiger partial charge in [0.25, 0.3) is 0 Å². The molecule has 0 spiro atoms. The summed E-state index contributed by atoms with van der Waals surface area (Å²) in [5.74, 6) is -0.243. The second kappa shape index (κ2) is 5.06. The van der Waals surface area contributed by atoms with Gasteiger partial charge >= 0.3 is 0 Å². The van der Waals surface area contributed by atoms with Crippen molar-refractivity contribution in [1.29, 1.82) is 0 Å². The third-order valence-electron chi connectivity index (χ3n) is 3.30. The lowest BCUT2D eigenvalue weighted by atomic mass is 10.0. The summed E-state index contributed by atoms with van der Waals surface area (Å²) in [7, 11) is 3.86. The summed E-state index contributed by atoms with van der Waals surface area (Å²) in [5, 5.41) is 2.97. The average Bonchev–Trinajstić information content (AvgIpc) is 3.08. The molecule has 1 aliphatic carbocycles. The number of carbonyl (C=O) groups is 1. The Labute approximate surface area is 107 Å². The summed E-state index contributed by atoms with van der Waals surface area (Å²) < 4.78 is 13.7. The molecular weight excluding hydrogens is 231 g/mol. The predicted octanol–water partition coefficient (Wildman–Crippen LogP) is 1.88. The number of benzene rings is 1. The van der Waals surface area contributed by atoms with Crippen LogP contribution in [0.1, 0.15) is 24.8 Å². The number of amides is 1. The number of nitrogens with zero attached hydrogens (tertiary/aromatic N) is 1. The lowest BCUT2D eigenvalue weighted by molar-refractivity contribution is -0.122. The first-order valence-electron chi connectivity index (χ1n) is 6.24. The van der Waals surface area contributed by atoms with Gasteiger partial charge in [0, 0.05) is 18.5 Å². The Morgan fingerprint density at radius 3 is 2.61 bits per heavy atom. The quantitative estimate of drug-likeness (QED) is 0.865. The zero-order chi connectivity index (χ0) is 13.2. The molecule has 0 bridgehead atoms. The molecular formula is C14H19FN2O. The SMILES string of the molecule is CN(C)CCC(=O)NC1(c2ccccc2F)CC1. The van der Waals surface area contributed by atoms with E-state index < -0.39 is 5.54 Å². The van der Waals surface area contributed by atoms with Crippen molar-refractivity contribution >= 4 is 5.91 Å². The van der Waals surface area contributed by atoms with Gasteiger partial charge in [-0.15, -0.1) is 0 Å². The Bertz CT molecular complexity index is 441. The highest BCUT2D eigenvalue weighted by atomic mass is 19.1. The van der Waals surface area contributed by atoms with E-state index in [2.05, 4.69) is 5.32 Å². The van der Waals surface area contributed by atoms with Crippen LogP contribution < -0.4 is 5.32 Å². The monoisotopic (exact) mass is 250 g/mol. The summed E-state index contributed by atoms with van der Waals surface area (Å²) in [6, 6.07) is 6.68. The molecule has 0 aliphatic heterocycles. The van der Waals surface area contributed by atoms with Gasteiger partial charge in [0.1, 0.15) is 5.82 Å². The first-order valence-corrected chi connectivity index (χ1v) is 6.24. The number of nitrogens with one attached hydrogen (secondary N) is 1. The van der Waals surface area contributed by atoms with Crippen LogP contribution in [-0.2, 0) is 10.3 Å². The van der Waals surface area contributed by atoms with E-state index in [0.717, 1.165) is 12.8 Å². The maximum absolute atomic E-state index is 13.7. The number of hydrogen-bond donors (Lipinski definition) is 1. The molecule has 1 aromatic carbocycles. The van der Waals surface area contributed by atoms with Crippen LogP contribution in [0.5, 0.6) is 0 Å². The first kappa shape index (κ1) is 13.0. The van der Waals surface area contributed by atoms with Crippen LogP contribution in [0.25, 0.3) is 0 Å². The van der Waals surface area contributed by atoms with E-state index in [0.29, 0.717) is 18.5 Å². The highest BCUT2D eigenvalue weighted by molar-refractivity contribution is 5.77. The lowest BCUT2D eigenvalue weighted by Crippen LogP contribution is -2.36. The molecule has 0 aromatic heterocycles. The van der Waals surface area contributed by atoms with Crippen molar-refractivity contribution < 1.29 is 9.18 Å². The van der Waals surface area contributed by atoms with Crippen LogP contribution in [0.3, 0.4) is 0 Å². The van der Waals surface area contributed by atoms with Gasteiger partial charge < -0.3 is 10.2 Å². The molecule has 1 saturated carbocycles. The zero-order valence-electron chi connectivity index (χ0n) is 10.9. The van der Waals surface area contributed by atoms with E-state index in [1.54, 1.807) is 12.1 Å². The minimum atomic E-state index is -0.450. The molecule has 18 heavy (non-hydrogen) atoms. The van der Waals surface area contributed by atoms with Crippen molar-refractivity contribution in [1.82, 2.24) is 10.2 Å². The molecule has 0 saturated heterocycles. The predicted molar refractivity (Wildman–Crippen MR) is 68.6 cm³/mol. The Hall–Kier alpha value is -1.42. The van der Waals surface area contributed by atoms with Gasteiger partial charge in [0.15, 0.2) is 0 Å². The third kappa shape index (κ3) is 2.88. The van der Waals surface area contributed by atoms with Crippen LogP contribution in [0.2, 0.25) is 0 Å². The molecule has 0 heterocycles. The number of rotatable bonds is 5. The fraction of sp³-hybridized carbons (Fsp3) is 0.500. The molecule has 3 nitrogen and oxygen atoms in total. The highest BCUT2D eigenvalue weighted by Gasteiger charge is 2.47. The summed E-state index contributed by atoms with van der Waals surface area (Å²) >= 11 is 0. The Morgan fingerprint density at radius 1 is 1.39 bits per heavy atom. The van der Waals surface area contributed by atoms with Crippen LogP contribution in [0, 0.1) is 5.82 Å². The molecule has 0 unspecified atom stereocenters. The standard InChI is InChI=1S/C14H19FN2O/c1-17(2)10-7-13(18)16-14(8-9-14)11-5-3-4-6-12(11)15/h3-6H,7-10H2,1-2H3,(H,16,18). The van der Waals surface area contributed by atoms with Gasteiger partial charge in [-0.2, -0.15) is 0 Å². The first-order chi connectivity index (χ1) is 8.53. The lowest BCUT2D eigenvalue weighted by Gasteiger charge is -2.19. The van der Waals surface area contributed by atoms with Crippen molar-refractivity contribution in [2.75, 3.05) is 20.6 Å². The molecule has 0 atom stereocenters. The zero-order valence-corrected chi connectivity index (χ0v) is 10.9. The van der Waals surface area contributed by atoms with Crippen LogP contribution in [-0.4, -0.2) is 31.4 Å².